The van der Waals surface area contributed by atoms with Crippen LogP contribution >= 0.6 is 0 Å². The average molecular weight is 786 g/mol. The molecule has 16 atom stereocenters. The highest BCUT2D eigenvalue weighted by molar-refractivity contribution is 5.70. The molecule has 3 aliphatic heterocycles. The van der Waals surface area contributed by atoms with Crippen LogP contribution in [0.5, 0.6) is 0 Å². The lowest BCUT2D eigenvalue weighted by Crippen LogP contribution is -2.66. The zero-order valence-electron chi connectivity index (χ0n) is 34.2. The summed E-state index contributed by atoms with van der Waals surface area (Å²) in [7, 11) is 4.86. The Morgan fingerprint density at radius 2 is 1.73 bits per heavy atom. The van der Waals surface area contributed by atoms with E-state index in [1.54, 1.807) is 64.9 Å². The van der Waals surface area contributed by atoms with Crippen molar-refractivity contribution in [2.24, 2.45) is 17.8 Å². The van der Waals surface area contributed by atoms with Crippen LogP contribution < -0.4 is 0 Å². The van der Waals surface area contributed by atoms with Crippen LogP contribution in [-0.4, -0.2) is 150 Å². The van der Waals surface area contributed by atoms with E-state index < -0.39 is 110 Å². The summed E-state index contributed by atoms with van der Waals surface area (Å²) in [5.41, 5.74) is -1.49. The molecule has 16 unspecified atom stereocenters. The third-order valence-electron chi connectivity index (χ3n) is 10.6. The first kappa shape index (κ1) is 47.1. The summed E-state index contributed by atoms with van der Waals surface area (Å²) in [6.07, 6.45) is -3.92. The Kier molecular flexibility index (Phi) is 18.4. The molecule has 3 rings (SSSR count). The topological polar surface area (TPSA) is 200 Å². The summed E-state index contributed by atoms with van der Waals surface area (Å²) in [6, 6.07) is -0.753. The third-order valence-corrected chi connectivity index (χ3v) is 10.6. The van der Waals surface area contributed by atoms with E-state index in [1.165, 1.54) is 7.11 Å². The number of esters is 2. The number of rotatable bonds is 11. The van der Waals surface area contributed by atoms with Gasteiger partial charge in [0.15, 0.2) is 18.7 Å². The molecule has 55 heavy (non-hydrogen) atoms. The SMILES string of the molecule is COC1C(O)CC(=O)OC(C)CC=CC=CC(O)C(C)CC(CC=O)C1OC1OC(C)C(OC2CC(C)(O)C(OC(=O)CC(C)C)C(C)O2)C(N(C)C)C1O. The molecule has 0 saturated carbocycles. The van der Waals surface area contributed by atoms with Crippen LogP contribution in [0.2, 0.25) is 0 Å². The number of ether oxygens (including phenoxy) is 7. The van der Waals surface area contributed by atoms with Crippen LogP contribution in [0.1, 0.15) is 87.0 Å². The molecular weight excluding hydrogens is 718 g/mol. The van der Waals surface area contributed by atoms with Crippen LogP contribution in [0.3, 0.4) is 0 Å². The van der Waals surface area contributed by atoms with Gasteiger partial charge in [0.1, 0.15) is 36.3 Å². The maximum Gasteiger partial charge on any atom is 0.308 e. The second-order valence-corrected chi connectivity index (χ2v) is 16.4. The molecule has 316 valence electrons. The molecular formula is C40H67NO14. The van der Waals surface area contributed by atoms with Crippen molar-refractivity contribution in [3.63, 3.8) is 0 Å². The van der Waals surface area contributed by atoms with Crippen molar-refractivity contribution >= 4 is 18.2 Å². The fourth-order valence-corrected chi connectivity index (χ4v) is 7.78. The molecule has 0 radical (unpaired) electrons. The fourth-order valence-electron chi connectivity index (χ4n) is 7.78. The molecule has 15 heteroatoms. The molecule has 2 fully saturated rings. The van der Waals surface area contributed by atoms with E-state index in [2.05, 4.69) is 0 Å². The highest BCUT2D eigenvalue weighted by Gasteiger charge is 2.52. The van der Waals surface area contributed by atoms with Gasteiger partial charge in [-0.2, -0.15) is 0 Å². The molecule has 0 aromatic heterocycles. The van der Waals surface area contributed by atoms with E-state index in [-0.39, 0.29) is 37.5 Å². The second-order valence-electron chi connectivity index (χ2n) is 16.4. The first-order valence-corrected chi connectivity index (χ1v) is 19.5. The van der Waals surface area contributed by atoms with Crippen molar-refractivity contribution in [1.82, 2.24) is 4.90 Å². The van der Waals surface area contributed by atoms with Gasteiger partial charge in [-0.1, -0.05) is 45.1 Å². The Bertz CT molecular complexity index is 1270. The molecule has 3 heterocycles. The molecule has 2 saturated heterocycles. The molecule has 0 aromatic rings. The van der Waals surface area contributed by atoms with Crippen molar-refractivity contribution in [3.8, 4) is 0 Å². The van der Waals surface area contributed by atoms with Gasteiger partial charge in [-0.3, -0.25) is 9.59 Å². The van der Waals surface area contributed by atoms with Gasteiger partial charge in [-0.15, -0.1) is 0 Å². The minimum absolute atomic E-state index is 0.0318. The van der Waals surface area contributed by atoms with Gasteiger partial charge >= 0.3 is 11.9 Å². The van der Waals surface area contributed by atoms with E-state index >= 15 is 0 Å². The smallest absolute Gasteiger partial charge is 0.308 e. The van der Waals surface area contributed by atoms with Crippen LogP contribution in [-0.2, 0) is 47.5 Å². The standard InChI is InChI=1S/C40H67NO14/c1-22(2)18-30(45)53-38-26(6)51-32(21-40(38,7)48)54-35-25(5)52-39(34(47)33(35)41(8)9)55-36-27(16-17-42)19-23(3)28(43)15-13-11-12-14-24(4)50-31(46)20-29(44)37(36)49-10/h11-13,15,17,22-29,32-39,43-44,47-48H,14,16,18-21H2,1-10H3. The van der Waals surface area contributed by atoms with Gasteiger partial charge < -0.3 is 63.3 Å². The zero-order valence-corrected chi connectivity index (χ0v) is 34.2. The molecule has 0 amide bonds. The van der Waals surface area contributed by atoms with Gasteiger partial charge in [-0.05, 0) is 66.0 Å². The monoisotopic (exact) mass is 785 g/mol. The minimum atomic E-state index is -1.49. The average Bonchev–Trinajstić information content (AvgIpc) is 3.06. The largest absolute Gasteiger partial charge is 0.462 e. The number of cyclic esters (lactones) is 1. The fraction of sp³-hybridized carbons (Fsp3) is 0.825. The number of nitrogens with zero attached hydrogens (tertiary/aromatic N) is 1. The Morgan fingerprint density at radius 3 is 2.33 bits per heavy atom. The highest BCUT2D eigenvalue weighted by atomic mass is 16.7. The van der Waals surface area contributed by atoms with E-state index in [0.29, 0.717) is 6.42 Å². The van der Waals surface area contributed by atoms with Crippen LogP contribution in [0, 0.1) is 17.8 Å². The summed E-state index contributed by atoms with van der Waals surface area (Å²) in [6.45, 7) is 12.4. The summed E-state index contributed by atoms with van der Waals surface area (Å²) in [5.74, 6) is -2.03. The third kappa shape index (κ3) is 13.4. The molecule has 3 aliphatic rings. The highest BCUT2D eigenvalue weighted by Crippen LogP contribution is 2.37. The number of allylic oxidation sites excluding steroid dienone is 2. The maximum absolute atomic E-state index is 12.9. The Labute approximate surface area is 326 Å². The lowest BCUT2D eigenvalue weighted by molar-refractivity contribution is -0.344. The maximum atomic E-state index is 12.9. The number of aliphatic hydroxyl groups is 4. The summed E-state index contributed by atoms with van der Waals surface area (Å²) in [5, 5.41) is 45.8. The van der Waals surface area contributed by atoms with Gasteiger partial charge in [0.2, 0.25) is 0 Å². The van der Waals surface area contributed by atoms with Crippen LogP contribution in [0.15, 0.2) is 24.3 Å². The second kappa shape index (κ2) is 21.4. The molecule has 4 N–H and O–H groups in total. The first-order chi connectivity index (χ1) is 25.8. The summed E-state index contributed by atoms with van der Waals surface area (Å²) >= 11 is 0. The van der Waals surface area contributed by atoms with Crippen molar-refractivity contribution in [2.45, 2.75) is 172 Å². The van der Waals surface area contributed by atoms with E-state index in [1.807, 2.05) is 26.8 Å². The Morgan fingerprint density at radius 1 is 1.04 bits per heavy atom. The van der Waals surface area contributed by atoms with Crippen molar-refractivity contribution in [1.29, 1.82) is 0 Å². The lowest BCUT2D eigenvalue weighted by Gasteiger charge is -2.50. The van der Waals surface area contributed by atoms with Crippen LogP contribution in [0.25, 0.3) is 0 Å². The Hall–Kier alpha value is -2.31. The first-order valence-electron chi connectivity index (χ1n) is 19.5. The predicted octanol–water partition coefficient (Wildman–Crippen LogP) is 2.44. The molecule has 0 aromatic carbocycles. The van der Waals surface area contributed by atoms with Crippen molar-refractivity contribution in [3.05, 3.63) is 24.3 Å². The van der Waals surface area contributed by atoms with Gasteiger partial charge in [0.05, 0.1) is 43.0 Å². The number of likely N-dealkylation sites (N-methyl/N-ethyl adjacent to an activating group) is 1. The van der Waals surface area contributed by atoms with E-state index in [4.69, 9.17) is 33.2 Å². The van der Waals surface area contributed by atoms with E-state index in [0.717, 1.165) is 6.29 Å². The van der Waals surface area contributed by atoms with Gasteiger partial charge in [0.25, 0.3) is 0 Å². The number of hydrogen-bond acceptors (Lipinski definition) is 15. The quantitative estimate of drug-likeness (QED) is 0.176. The summed E-state index contributed by atoms with van der Waals surface area (Å²) in [4.78, 5) is 39.3. The number of aliphatic hydroxyl groups excluding tert-OH is 3. The number of methoxy groups -OCH3 is 1. The minimum Gasteiger partial charge on any atom is -0.462 e. The number of carbonyl (C=O) groups is 3. The molecule has 15 nitrogen and oxygen atoms in total. The summed E-state index contributed by atoms with van der Waals surface area (Å²) < 4.78 is 42.4. The van der Waals surface area contributed by atoms with Crippen LogP contribution in [0.4, 0.5) is 0 Å². The Balaban J connectivity index is 1.90. The van der Waals surface area contributed by atoms with E-state index in [9.17, 15) is 34.8 Å². The number of aldehydes is 1. The normalized spacial score (nSPS) is 41.2. The number of hydrogen-bond donors (Lipinski definition) is 4. The van der Waals surface area contributed by atoms with Crippen molar-refractivity contribution < 1.29 is 68.0 Å². The predicted molar refractivity (Wildman–Crippen MR) is 200 cm³/mol. The lowest BCUT2D eigenvalue weighted by atomic mass is 9.82. The molecule has 0 bridgehead atoms. The van der Waals surface area contributed by atoms with Gasteiger partial charge in [-0.25, -0.2) is 0 Å². The zero-order chi connectivity index (χ0) is 41.2. The van der Waals surface area contributed by atoms with Gasteiger partial charge in [0, 0.05) is 32.8 Å². The van der Waals surface area contributed by atoms with Crippen molar-refractivity contribution in [2.75, 3.05) is 21.2 Å². The number of carbonyl (C=O) groups excluding carboxylic acids is 3. The molecule has 0 spiro atoms. The molecule has 0 aliphatic carbocycles.